The number of ether oxygens (including phenoxy) is 1. The predicted molar refractivity (Wildman–Crippen MR) is 72.7 cm³/mol. The van der Waals surface area contributed by atoms with Crippen molar-refractivity contribution in [1.82, 2.24) is 0 Å². The maximum atomic E-state index is 6.23. The van der Waals surface area contributed by atoms with Crippen LogP contribution in [-0.4, -0.2) is 25.8 Å². The predicted octanol–water partition coefficient (Wildman–Crippen LogP) is 2.93. The molecule has 3 nitrogen and oxygen atoms in total. The Balaban J connectivity index is 2.10. The molecule has 1 aromatic rings. The molecule has 0 bridgehead atoms. The molecule has 1 saturated heterocycles. The van der Waals surface area contributed by atoms with Gasteiger partial charge in [-0.05, 0) is 38.0 Å². The van der Waals surface area contributed by atoms with E-state index in [1.807, 2.05) is 12.1 Å². The van der Waals surface area contributed by atoms with E-state index in [0.717, 1.165) is 38.2 Å². The van der Waals surface area contributed by atoms with Gasteiger partial charge in [-0.3, -0.25) is 0 Å². The lowest BCUT2D eigenvalue weighted by molar-refractivity contribution is 0.115. The minimum absolute atomic E-state index is 0.337. The van der Waals surface area contributed by atoms with Crippen LogP contribution in [0.4, 0.5) is 11.4 Å². The Hall–Kier alpha value is -0.930. The Kier molecular flexibility index (Phi) is 4.13. The lowest BCUT2D eigenvalue weighted by Crippen LogP contribution is -2.32. The monoisotopic (exact) mass is 254 g/mol. The van der Waals surface area contributed by atoms with Crippen LogP contribution in [-0.2, 0) is 4.74 Å². The molecule has 1 aromatic carbocycles. The third-order valence-corrected chi connectivity index (χ3v) is 3.44. The molecule has 0 amide bonds. The van der Waals surface area contributed by atoms with Gasteiger partial charge in [-0.1, -0.05) is 11.6 Å². The fourth-order valence-corrected chi connectivity index (χ4v) is 2.52. The highest BCUT2D eigenvalue weighted by Crippen LogP contribution is 2.28. The number of hydrogen-bond acceptors (Lipinski definition) is 3. The molecule has 0 saturated carbocycles. The molecule has 1 atom stereocenters. The number of nitrogens with two attached hydrogens (primary N) is 1. The maximum absolute atomic E-state index is 6.23. The Morgan fingerprint density at radius 3 is 2.94 bits per heavy atom. The molecular weight excluding hydrogens is 236 g/mol. The summed E-state index contributed by atoms with van der Waals surface area (Å²) in [5.74, 6) is 0. The fraction of sp³-hybridized carbons (Fsp3) is 0.538. The van der Waals surface area contributed by atoms with Crippen LogP contribution in [0, 0.1) is 0 Å². The first-order valence-corrected chi connectivity index (χ1v) is 6.50. The second-order valence-corrected chi connectivity index (χ2v) is 4.79. The average molecular weight is 255 g/mol. The van der Waals surface area contributed by atoms with E-state index in [4.69, 9.17) is 22.1 Å². The van der Waals surface area contributed by atoms with Gasteiger partial charge in [0.2, 0.25) is 0 Å². The number of anilines is 2. The molecule has 0 aliphatic carbocycles. The molecule has 17 heavy (non-hydrogen) atoms. The Labute approximate surface area is 107 Å². The molecule has 1 aliphatic rings. The van der Waals surface area contributed by atoms with Crippen molar-refractivity contribution in [3.63, 3.8) is 0 Å². The van der Waals surface area contributed by atoms with E-state index < -0.39 is 0 Å². The van der Waals surface area contributed by atoms with Crippen LogP contribution in [0.15, 0.2) is 18.2 Å². The summed E-state index contributed by atoms with van der Waals surface area (Å²) in [6, 6.07) is 5.67. The Morgan fingerprint density at radius 1 is 1.53 bits per heavy atom. The van der Waals surface area contributed by atoms with Gasteiger partial charge in [0.05, 0.1) is 16.8 Å². The van der Waals surface area contributed by atoms with Crippen molar-refractivity contribution in [2.75, 3.05) is 30.3 Å². The first-order valence-electron chi connectivity index (χ1n) is 6.12. The third kappa shape index (κ3) is 3.05. The van der Waals surface area contributed by atoms with Gasteiger partial charge in [0.15, 0.2) is 0 Å². The van der Waals surface area contributed by atoms with Gasteiger partial charge in [0.1, 0.15) is 0 Å². The van der Waals surface area contributed by atoms with Gasteiger partial charge in [-0.2, -0.15) is 0 Å². The zero-order chi connectivity index (χ0) is 12.3. The van der Waals surface area contributed by atoms with Gasteiger partial charge in [-0.15, -0.1) is 0 Å². The van der Waals surface area contributed by atoms with Crippen molar-refractivity contribution in [3.05, 3.63) is 23.2 Å². The SMILES string of the molecule is CCN(CC1CCCO1)c1ccc(N)cc1Cl. The van der Waals surface area contributed by atoms with Crippen molar-refractivity contribution in [1.29, 1.82) is 0 Å². The highest BCUT2D eigenvalue weighted by atomic mass is 35.5. The second kappa shape index (κ2) is 5.61. The lowest BCUT2D eigenvalue weighted by Gasteiger charge is -2.27. The molecule has 4 heteroatoms. The highest BCUT2D eigenvalue weighted by molar-refractivity contribution is 6.33. The molecule has 0 spiro atoms. The smallest absolute Gasteiger partial charge is 0.0750 e. The van der Waals surface area contributed by atoms with Gasteiger partial charge in [0, 0.05) is 25.4 Å². The summed E-state index contributed by atoms with van der Waals surface area (Å²) in [5, 5.41) is 0.713. The first-order chi connectivity index (χ1) is 8.20. The maximum Gasteiger partial charge on any atom is 0.0750 e. The Bertz CT molecular complexity index is 378. The normalized spacial score (nSPS) is 19.5. The van der Waals surface area contributed by atoms with E-state index in [2.05, 4.69) is 11.8 Å². The molecule has 94 valence electrons. The third-order valence-electron chi connectivity index (χ3n) is 3.14. The highest BCUT2D eigenvalue weighted by Gasteiger charge is 2.19. The summed E-state index contributed by atoms with van der Waals surface area (Å²) >= 11 is 6.23. The summed E-state index contributed by atoms with van der Waals surface area (Å²) in [6.45, 7) is 4.84. The number of benzene rings is 1. The van der Waals surface area contributed by atoms with Crippen molar-refractivity contribution < 1.29 is 4.74 Å². The number of halogens is 1. The number of rotatable bonds is 4. The molecule has 0 aromatic heterocycles. The molecule has 2 rings (SSSR count). The number of nitrogen functional groups attached to an aromatic ring is 1. The molecule has 1 unspecified atom stereocenters. The first kappa shape index (κ1) is 12.5. The van der Waals surface area contributed by atoms with Crippen molar-refractivity contribution in [2.24, 2.45) is 0 Å². The summed E-state index contributed by atoms with van der Waals surface area (Å²) in [4.78, 5) is 2.25. The van der Waals surface area contributed by atoms with Crippen LogP contribution in [0.1, 0.15) is 19.8 Å². The van der Waals surface area contributed by atoms with Crippen LogP contribution in [0.25, 0.3) is 0 Å². The van der Waals surface area contributed by atoms with E-state index in [1.165, 1.54) is 0 Å². The van der Waals surface area contributed by atoms with Gasteiger partial charge in [0.25, 0.3) is 0 Å². The summed E-state index contributed by atoms with van der Waals surface area (Å²) in [6.07, 6.45) is 2.64. The van der Waals surface area contributed by atoms with E-state index in [0.29, 0.717) is 16.8 Å². The van der Waals surface area contributed by atoms with Crippen LogP contribution in [0.3, 0.4) is 0 Å². The summed E-state index contributed by atoms with van der Waals surface area (Å²) in [7, 11) is 0. The molecule has 1 heterocycles. The van der Waals surface area contributed by atoms with E-state index in [1.54, 1.807) is 6.07 Å². The van der Waals surface area contributed by atoms with Crippen LogP contribution >= 0.6 is 11.6 Å². The second-order valence-electron chi connectivity index (χ2n) is 4.38. The zero-order valence-corrected chi connectivity index (χ0v) is 10.9. The summed E-state index contributed by atoms with van der Waals surface area (Å²) in [5.41, 5.74) is 7.45. The minimum Gasteiger partial charge on any atom is -0.399 e. The van der Waals surface area contributed by atoms with Gasteiger partial charge in [-0.25, -0.2) is 0 Å². The fourth-order valence-electron chi connectivity index (χ4n) is 2.21. The van der Waals surface area contributed by atoms with Crippen molar-refractivity contribution in [2.45, 2.75) is 25.9 Å². The van der Waals surface area contributed by atoms with E-state index in [9.17, 15) is 0 Å². The quantitative estimate of drug-likeness (QED) is 0.840. The van der Waals surface area contributed by atoms with Gasteiger partial charge >= 0.3 is 0 Å². The van der Waals surface area contributed by atoms with E-state index >= 15 is 0 Å². The standard InChI is InChI=1S/C13H19ClN2O/c1-2-16(9-11-4-3-7-17-11)13-6-5-10(15)8-12(13)14/h5-6,8,11H,2-4,7,9,15H2,1H3. The average Bonchev–Trinajstić information content (AvgIpc) is 2.79. The zero-order valence-electron chi connectivity index (χ0n) is 10.2. The topological polar surface area (TPSA) is 38.5 Å². The molecule has 1 fully saturated rings. The lowest BCUT2D eigenvalue weighted by atomic mass is 10.2. The van der Waals surface area contributed by atoms with E-state index in [-0.39, 0.29) is 0 Å². The van der Waals surface area contributed by atoms with Crippen LogP contribution < -0.4 is 10.6 Å². The minimum atomic E-state index is 0.337. The molecule has 2 N–H and O–H groups in total. The number of nitrogens with zero attached hydrogens (tertiary/aromatic N) is 1. The van der Waals surface area contributed by atoms with Crippen LogP contribution in [0.5, 0.6) is 0 Å². The molecular formula is C13H19ClN2O. The van der Waals surface area contributed by atoms with Crippen molar-refractivity contribution in [3.8, 4) is 0 Å². The Morgan fingerprint density at radius 2 is 2.35 bits per heavy atom. The number of hydrogen-bond donors (Lipinski definition) is 1. The van der Waals surface area contributed by atoms with Crippen LogP contribution in [0.2, 0.25) is 5.02 Å². The molecule has 1 aliphatic heterocycles. The van der Waals surface area contributed by atoms with Gasteiger partial charge < -0.3 is 15.4 Å². The van der Waals surface area contributed by atoms with Crippen molar-refractivity contribution >= 4 is 23.0 Å². The number of likely N-dealkylation sites (N-methyl/N-ethyl adjacent to an activating group) is 1. The largest absolute Gasteiger partial charge is 0.399 e. The molecule has 0 radical (unpaired) electrons. The summed E-state index contributed by atoms with van der Waals surface area (Å²) < 4.78 is 5.66.